The number of ether oxygens (including phenoxy) is 2. The molecule has 2 N–H and O–H groups in total. The number of rotatable bonds is 7. The lowest BCUT2D eigenvalue weighted by Crippen LogP contribution is -2.42. The second-order valence-electron chi connectivity index (χ2n) is 4.94. The van der Waals surface area contributed by atoms with Gasteiger partial charge in [0.05, 0.1) is 25.3 Å². The van der Waals surface area contributed by atoms with Gasteiger partial charge in [-0.3, -0.25) is 0 Å². The number of methoxy groups -OCH3 is 1. The lowest BCUT2D eigenvalue weighted by Gasteiger charge is -2.24. The quantitative estimate of drug-likeness (QED) is 0.809. The zero-order valence-corrected chi connectivity index (χ0v) is 12.7. The van der Waals surface area contributed by atoms with Gasteiger partial charge in [0, 0.05) is 12.1 Å². The monoisotopic (exact) mass is 287 g/mol. The molecule has 1 aromatic carbocycles. The fourth-order valence-corrected chi connectivity index (χ4v) is 1.84. The zero-order chi connectivity index (χ0) is 14.5. The Morgan fingerprint density at radius 2 is 2.05 bits per heavy atom. The van der Waals surface area contributed by atoms with Crippen molar-refractivity contribution in [2.24, 2.45) is 0 Å². The average Bonchev–Trinajstić information content (AvgIpc) is 2.39. The predicted octanol–water partition coefficient (Wildman–Crippen LogP) is 2.61. The van der Waals surface area contributed by atoms with Crippen LogP contribution < -0.4 is 14.8 Å². The molecule has 108 valence electrons. The Bertz CT molecular complexity index is 421. The molecule has 1 aromatic rings. The summed E-state index contributed by atoms with van der Waals surface area (Å²) in [7, 11) is 1.59. The Morgan fingerprint density at radius 3 is 2.58 bits per heavy atom. The summed E-state index contributed by atoms with van der Waals surface area (Å²) in [5, 5.41) is 13.0. The zero-order valence-electron chi connectivity index (χ0n) is 11.9. The molecule has 0 aliphatic rings. The summed E-state index contributed by atoms with van der Waals surface area (Å²) in [4.78, 5) is 0. The molecule has 0 fully saturated rings. The van der Waals surface area contributed by atoms with Gasteiger partial charge in [-0.2, -0.15) is 0 Å². The normalized spacial score (nSPS) is 11.5. The van der Waals surface area contributed by atoms with E-state index in [1.165, 1.54) is 0 Å². The van der Waals surface area contributed by atoms with Gasteiger partial charge in [-0.25, -0.2) is 0 Å². The summed E-state index contributed by atoms with van der Waals surface area (Å²) >= 11 is 6.19. The minimum Gasteiger partial charge on any atom is -0.493 e. The third kappa shape index (κ3) is 4.56. The highest BCUT2D eigenvalue weighted by Crippen LogP contribution is 2.36. The topological polar surface area (TPSA) is 50.7 Å². The minimum absolute atomic E-state index is 0.0644. The van der Waals surface area contributed by atoms with Gasteiger partial charge in [0.1, 0.15) is 0 Å². The highest BCUT2D eigenvalue weighted by molar-refractivity contribution is 6.32. The maximum Gasteiger partial charge on any atom is 0.179 e. The van der Waals surface area contributed by atoms with Gasteiger partial charge < -0.3 is 19.9 Å². The van der Waals surface area contributed by atoms with Crippen LogP contribution in [0.1, 0.15) is 26.3 Å². The third-order valence-corrected chi connectivity index (χ3v) is 3.03. The first-order valence-corrected chi connectivity index (χ1v) is 6.66. The Kier molecular flexibility index (Phi) is 5.91. The summed E-state index contributed by atoms with van der Waals surface area (Å²) in [5.74, 6) is 1.18. The van der Waals surface area contributed by atoms with Gasteiger partial charge in [0.15, 0.2) is 11.5 Å². The van der Waals surface area contributed by atoms with Crippen LogP contribution >= 0.6 is 11.6 Å². The smallest absolute Gasteiger partial charge is 0.179 e. The van der Waals surface area contributed by atoms with Crippen LogP contribution in [0.3, 0.4) is 0 Å². The van der Waals surface area contributed by atoms with Gasteiger partial charge in [-0.1, -0.05) is 11.6 Å². The van der Waals surface area contributed by atoms with Crippen molar-refractivity contribution in [3.05, 3.63) is 22.7 Å². The number of aliphatic hydroxyl groups excluding tert-OH is 1. The van der Waals surface area contributed by atoms with Crippen LogP contribution in [0.2, 0.25) is 5.02 Å². The third-order valence-electron chi connectivity index (χ3n) is 2.74. The summed E-state index contributed by atoms with van der Waals surface area (Å²) in [6.45, 7) is 6.95. The fraction of sp³-hybridized carbons (Fsp3) is 0.571. The maximum absolute atomic E-state index is 9.21. The molecule has 4 nitrogen and oxygen atoms in total. The number of hydrogen-bond acceptors (Lipinski definition) is 4. The Balaban J connectivity index is 2.89. The van der Waals surface area contributed by atoms with Gasteiger partial charge >= 0.3 is 0 Å². The van der Waals surface area contributed by atoms with Crippen molar-refractivity contribution in [1.29, 1.82) is 0 Å². The van der Waals surface area contributed by atoms with E-state index in [1.54, 1.807) is 7.11 Å². The van der Waals surface area contributed by atoms with Crippen molar-refractivity contribution in [3.8, 4) is 11.5 Å². The van der Waals surface area contributed by atoms with E-state index >= 15 is 0 Å². The van der Waals surface area contributed by atoms with Crippen LogP contribution in [0.5, 0.6) is 11.5 Å². The molecule has 19 heavy (non-hydrogen) atoms. The van der Waals surface area contributed by atoms with Crippen molar-refractivity contribution in [3.63, 3.8) is 0 Å². The molecule has 0 atom stereocenters. The van der Waals surface area contributed by atoms with Crippen LogP contribution in [0.4, 0.5) is 0 Å². The van der Waals surface area contributed by atoms with E-state index in [4.69, 9.17) is 21.1 Å². The van der Waals surface area contributed by atoms with E-state index in [9.17, 15) is 5.11 Å². The van der Waals surface area contributed by atoms with Crippen molar-refractivity contribution >= 4 is 11.6 Å². The molecule has 0 amide bonds. The SMILES string of the molecule is CCOc1c(Cl)cc(CNC(C)(C)CO)cc1OC. The van der Waals surface area contributed by atoms with Crippen LogP contribution in [0.25, 0.3) is 0 Å². The van der Waals surface area contributed by atoms with Gasteiger partial charge in [-0.15, -0.1) is 0 Å². The molecule has 1 rings (SSSR count). The van der Waals surface area contributed by atoms with E-state index in [2.05, 4.69) is 5.32 Å². The average molecular weight is 288 g/mol. The highest BCUT2D eigenvalue weighted by atomic mass is 35.5. The molecule has 0 aliphatic heterocycles. The Labute approximate surface area is 119 Å². The standard InChI is InChI=1S/C14H22ClNO3/c1-5-19-13-11(15)6-10(7-12(13)18-4)8-16-14(2,3)9-17/h6-7,16-17H,5,8-9H2,1-4H3. The minimum atomic E-state index is -0.335. The number of aliphatic hydroxyl groups is 1. The molecule has 0 unspecified atom stereocenters. The van der Waals surface area contributed by atoms with Gasteiger partial charge in [-0.05, 0) is 38.5 Å². The molecule has 0 saturated carbocycles. The fourth-order valence-electron chi connectivity index (χ4n) is 1.56. The first-order valence-electron chi connectivity index (χ1n) is 6.28. The molecule has 0 radical (unpaired) electrons. The largest absolute Gasteiger partial charge is 0.493 e. The number of nitrogens with one attached hydrogen (secondary N) is 1. The number of hydrogen-bond donors (Lipinski definition) is 2. The van der Waals surface area contributed by atoms with Crippen molar-refractivity contribution in [1.82, 2.24) is 5.32 Å². The molecule has 0 spiro atoms. The highest BCUT2D eigenvalue weighted by Gasteiger charge is 2.16. The Morgan fingerprint density at radius 1 is 1.37 bits per heavy atom. The van der Waals surface area contributed by atoms with Crippen LogP contribution in [0, 0.1) is 0 Å². The number of benzene rings is 1. The van der Waals surface area contributed by atoms with Crippen molar-refractivity contribution in [2.75, 3.05) is 20.3 Å². The number of halogens is 1. The van der Waals surface area contributed by atoms with E-state index in [1.807, 2.05) is 32.9 Å². The summed E-state index contributed by atoms with van der Waals surface area (Å²) in [6.07, 6.45) is 0. The molecule has 0 heterocycles. The van der Waals surface area contributed by atoms with Crippen LogP contribution in [0.15, 0.2) is 12.1 Å². The van der Waals surface area contributed by atoms with E-state index in [0.717, 1.165) is 5.56 Å². The van der Waals surface area contributed by atoms with Crippen LogP contribution in [-0.2, 0) is 6.54 Å². The predicted molar refractivity (Wildman–Crippen MR) is 77.2 cm³/mol. The van der Waals surface area contributed by atoms with Crippen LogP contribution in [-0.4, -0.2) is 31.0 Å². The second kappa shape index (κ2) is 6.98. The molecular formula is C14H22ClNO3. The molecule has 5 heteroatoms. The Hall–Kier alpha value is -0.970. The molecule has 0 bridgehead atoms. The van der Waals surface area contributed by atoms with Gasteiger partial charge in [0.25, 0.3) is 0 Å². The summed E-state index contributed by atoms with van der Waals surface area (Å²) in [6, 6.07) is 3.73. The molecule has 0 aliphatic carbocycles. The van der Waals surface area contributed by atoms with Crippen molar-refractivity contribution in [2.45, 2.75) is 32.9 Å². The van der Waals surface area contributed by atoms with E-state index in [-0.39, 0.29) is 12.1 Å². The molecule has 0 saturated heterocycles. The van der Waals surface area contributed by atoms with Gasteiger partial charge in [0.2, 0.25) is 0 Å². The van der Waals surface area contributed by atoms with E-state index in [0.29, 0.717) is 29.7 Å². The summed E-state index contributed by atoms with van der Waals surface area (Å²) in [5.41, 5.74) is 0.644. The summed E-state index contributed by atoms with van der Waals surface area (Å²) < 4.78 is 10.8. The maximum atomic E-state index is 9.21. The molecular weight excluding hydrogens is 266 g/mol. The van der Waals surface area contributed by atoms with Crippen molar-refractivity contribution < 1.29 is 14.6 Å². The lowest BCUT2D eigenvalue weighted by molar-refractivity contribution is 0.187. The second-order valence-corrected chi connectivity index (χ2v) is 5.34. The first kappa shape index (κ1) is 16.1. The molecule has 0 aromatic heterocycles. The van der Waals surface area contributed by atoms with E-state index < -0.39 is 0 Å². The first-order chi connectivity index (χ1) is 8.93. The lowest BCUT2D eigenvalue weighted by atomic mass is 10.1.